The fourth-order valence-corrected chi connectivity index (χ4v) is 4.36. The molecule has 5 rings (SSSR count). The van der Waals surface area contributed by atoms with Crippen LogP contribution in [0.5, 0.6) is 0 Å². The number of anilines is 1. The highest BCUT2D eigenvalue weighted by Crippen LogP contribution is 2.34. The molecule has 1 aromatic carbocycles. The van der Waals surface area contributed by atoms with Crippen LogP contribution in [0.3, 0.4) is 0 Å². The third-order valence-corrected chi connectivity index (χ3v) is 5.95. The van der Waals surface area contributed by atoms with Crippen molar-refractivity contribution in [2.45, 2.75) is 0 Å². The minimum absolute atomic E-state index is 0.0176. The van der Waals surface area contributed by atoms with E-state index in [9.17, 15) is 4.79 Å². The number of carbonyl (C=O) groups is 1. The van der Waals surface area contributed by atoms with Crippen LogP contribution in [-0.4, -0.2) is 51.9 Å². The Balaban J connectivity index is 1.29. The van der Waals surface area contributed by atoms with E-state index in [2.05, 4.69) is 35.8 Å². The molecule has 2 fully saturated rings. The van der Waals surface area contributed by atoms with Gasteiger partial charge in [-0.2, -0.15) is 0 Å². The van der Waals surface area contributed by atoms with Crippen LogP contribution in [0.4, 0.5) is 5.82 Å². The number of likely N-dealkylation sites (tertiary alicyclic amines) is 1. The Bertz CT molecular complexity index is 995. The largest absolute Gasteiger partial charge is 0.356 e. The van der Waals surface area contributed by atoms with Crippen LogP contribution in [0, 0.1) is 11.8 Å². The molecule has 0 aliphatic carbocycles. The number of pyridine rings is 1. The van der Waals surface area contributed by atoms with Crippen molar-refractivity contribution >= 4 is 38.7 Å². The lowest BCUT2D eigenvalue weighted by Crippen LogP contribution is -2.34. The lowest BCUT2D eigenvalue weighted by atomic mass is 10.0. The standard InChI is InChI=1S/C20H18BrN5O/c21-15-5-6-19(23-7-15)25-9-13-11-26(12-14(13)10-25)20(27)18-8-22-16-3-1-2-4-17(16)24-18/h1-8,13-14H,9-12H2. The summed E-state index contributed by atoms with van der Waals surface area (Å²) in [5.74, 6) is 1.95. The average Bonchev–Trinajstić information content (AvgIpc) is 3.27. The summed E-state index contributed by atoms with van der Waals surface area (Å²) < 4.78 is 0.985. The number of hydrogen-bond donors (Lipinski definition) is 0. The number of aromatic nitrogens is 3. The topological polar surface area (TPSA) is 62.2 Å². The van der Waals surface area contributed by atoms with Crippen molar-refractivity contribution in [2.24, 2.45) is 11.8 Å². The maximum atomic E-state index is 12.9. The second-order valence-electron chi connectivity index (χ2n) is 7.21. The van der Waals surface area contributed by atoms with E-state index in [1.165, 1.54) is 0 Å². The van der Waals surface area contributed by atoms with Crippen LogP contribution in [0.25, 0.3) is 11.0 Å². The van der Waals surface area contributed by atoms with E-state index in [4.69, 9.17) is 0 Å². The first-order chi connectivity index (χ1) is 13.2. The van der Waals surface area contributed by atoms with Crippen molar-refractivity contribution in [3.63, 3.8) is 0 Å². The molecule has 0 radical (unpaired) electrons. The Labute approximate surface area is 165 Å². The maximum absolute atomic E-state index is 12.9. The van der Waals surface area contributed by atoms with Crippen LogP contribution >= 0.6 is 15.9 Å². The van der Waals surface area contributed by atoms with Crippen LogP contribution < -0.4 is 4.90 Å². The predicted octanol–water partition coefficient (Wildman–Crippen LogP) is 3.00. The SMILES string of the molecule is O=C(c1cnc2ccccc2n1)N1CC2CN(c3ccc(Br)cn3)CC2C1. The summed E-state index contributed by atoms with van der Waals surface area (Å²) in [5.41, 5.74) is 2.00. The first kappa shape index (κ1) is 16.6. The minimum Gasteiger partial charge on any atom is -0.356 e. The quantitative estimate of drug-likeness (QED) is 0.633. The Hall–Kier alpha value is -2.54. The molecule has 0 spiro atoms. The molecule has 2 aromatic heterocycles. The van der Waals surface area contributed by atoms with Crippen molar-refractivity contribution in [1.29, 1.82) is 0 Å². The smallest absolute Gasteiger partial charge is 0.274 e. The lowest BCUT2D eigenvalue weighted by Gasteiger charge is -2.22. The van der Waals surface area contributed by atoms with Gasteiger partial charge in [0.05, 0.1) is 17.2 Å². The molecule has 0 bridgehead atoms. The van der Waals surface area contributed by atoms with Gasteiger partial charge in [0.15, 0.2) is 0 Å². The highest BCUT2D eigenvalue weighted by Gasteiger charge is 2.42. The second kappa shape index (κ2) is 6.56. The molecule has 136 valence electrons. The number of para-hydroxylation sites is 2. The molecule has 2 aliphatic rings. The van der Waals surface area contributed by atoms with Crippen LogP contribution in [0.1, 0.15) is 10.5 Å². The minimum atomic E-state index is -0.0176. The summed E-state index contributed by atoms with van der Waals surface area (Å²) in [5, 5.41) is 0. The average molecular weight is 424 g/mol. The van der Waals surface area contributed by atoms with E-state index in [1.807, 2.05) is 47.5 Å². The number of amides is 1. The third-order valence-electron chi connectivity index (χ3n) is 5.48. The van der Waals surface area contributed by atoms with Gasteiger partial charge in [-0.3, -0.25) is 9.78 Å². The molecule has 2 saturated heterocycles. The molecule has 6 nitrogen and oxygen atoms in total. The van der Waals surface area contributed by atoms with Crippen molar-refractivity contribution in [2.75, 3.05) is 31.1 Å². The molecule has 27 heavy (non-hydrogen) atoms. The number of fused-ring (bicyclic) bond motifs is 2. The highest BCUT2D eigenvalue weighted by molar-refractivity contribution is 9.10. The number of nitrogens with zero attached hydrogens (tertiary/aromatic N) is 5. The first-order valence-electron chi connectivity index (χ1n) is 9.05. The lowest BCUT2D eigenvalue weighted by molar-refractivity contribution is 0.0776. The highest BCUT2D eigenvalue weighted by atomic mass is 79.9. The Morgan fingerprint density at radius 3 is 2.37 bits per heavy atom. The summed E-state index contributed by atoms with van der Waals surface area (Å²) in [6, 6.07) is 11.7. The zero-order valence-corrected chi connectivity index (χ0v) is 16.2. The fourth-order valence-electron chi connectivity index (χ4n) is 4.12. The zero-order valence-electron chi connectivity index (χ0n) is 14.6. The van der Waals surface area contributed by atoms with Crippen LogP contribution in [-0.2, 0) is 0 Å². The second-order valence-corrected chi connectivity index (χ2v) is 8.13. The van der Waals surface area contributed by atoms with E-state index in [0.717, 1.165) is 47.5 Å². The molecule has 1 amide bonds. The molecular weight excluding hydrogens is 406 g/mol. The van der Waals surface area contributed by atoms with Gasteiger partial charge in [0, 0.05) is 48.7 Å². The van der Waals surface area contributed by atoms with Crippen LogP contribution in [0.15, 0.2) is 53.3 Å². The maximum Gasteiger partial charge on any atom is 0.274 e. The number of hydrogen-bond acceptors (Lipinski definition) is 5. The number of carbonyl (C=O) groups excluding carboxylic acids is 1. The van der Waals surface area contributed by atoms with Gasteiger partial charge in [-0.25, -0.2) is 9.97 Å². The predicted molar refractivity (Wildman–Crippen MR) is 107 cm³/mol. The van der Waals surface area contributed by atoms with Crippen molar-refractivity contribution in [3.8, 4) is 0 Å². The Morgan fingerprint density at radius 1 is 0.926 bits per heavy atom. The van der Waals surface area contributed by atoms with Crippen molar-refractivity contribution in [3.05, 3.63) is 59.0 Å². The third kappa shape index (κ3) is 3.06. The zero-order chi connectivity index (χ0) is 18.4. The van der Waals surface area contributed by atoms with E-state index in [1.54, 1.807) is 6.20 Å². The molecule has 2 unspecified atom stereocenters. The molecular formula is C20H18BrN5O. The summed E-state index contributed by atoms with van der Waals surface area (Å²) in [7, 11) is 0. The number of rotatable bonds is 2. The van der Waals surface area contributed by atoms with Crippen LogP contribution in [0.2, 0.25) is 0 Å². The van der Waals surface area contributed by atoms with Gasteiger partial charge in [-0.1, -0.05) is 12.1 Å². The van der Waals surface area contributed by atoms with E-state index >= 15 is 0 Å². The van der Waals surface area contributed by atoms with E-state index in [0.29, 0.717) is 17.5 Å². The molecule has 4 heterocycles. The summed E-state index contributed by atoms with van der Waals surface area (Å²) in [6.07, 6.45) is 3.43. The van der Waals surface area contributed by atoms with Gasteiger partial charge in [0.2, 0.25) is 0 Å². The molecule has 2 aliphatic heterocycles. The van der Waals surface area contributed by atoms with Gasteiger partial charge in [-0.15, -0.1) is 0 Å². The van der Waals surface area contributed by atoms with Gasteiger partial charge in [0.1, 0.15) is 11.5 Å². The summed E-state index contributed by atoms with van der Waals surface area (Å²) >= 11 is 3.43. The Morgan fingerprint density at radius 2 is 1.67 bits per heavy atom. The molecule has 3 aromatic rings. The van der Waals surface area contributed by atoms with Gasteiger partial charge >= 0.3 is 0 Å². The van der Waals surface area contributed by atoms with Gasteiger partial charge < -0.3 is 9.80 Å². The van der Waals surface area contributed by atoms with Crippen molar-refractivity contribution in [1.82, 2.24) is 19.9 Å². The number of benzene rings is 1. The van der Waals surface area contributed by atoms with Crippen molar-refractivity contribution < 1.29 is 4.79 Å². The monoisotopic (exact) mass is 423 g/mol. The molecule has 0 N–H and O–H groups in total. The Kier molecular flexibility index (Phi) is 4.04. The van der Waals surface area contributed by atoms with Gasteiger partial charge in [-0.05, 0) is 40.2 Å². The molecule has 0 saturated carbocycles. The summed E-state index contributed by atoms with van der Waals surface area (Å²) in [4.78, 5) is 30.5. The summed E-state index contributed by atoms with van der Waals surface area (Å²) in [6.45, 7) is 3.41. The first-order valence-corrected chi connectivity index (χ1v) is 9.84. The molecule has 2 atom stereocenters. The normalized spacial score (nSPS) is 21.7. The van der Waals surface area contributed by atoms with E-state index < -0.39 is 0 Å². The fraction of sp³-hybridized carbons (Fsp3) is 0.300. The van der Waals surface area contributed by atoms with E-state index in [-0.39, 0.29) is 5.91 Å². The molecule has 7 heteroatoms. The van der Waals surface area contributed by atoms with Gasteiger partial charge in [0.25, 0.3) is 5.91 Å². The number of halogens is 1.